The minimum atomic E-state index is -1.51. The summed E-state index contributed by atoms with van der Waals surface area (Å²) in [7, 11) is 0. The molecule has 5 atom stereocenters. The second-order valence-electron chi connectivity index (χ2n) is 20.5. The number of nitrogens with one attached hydrogen (secondary N) is 5. The van der Waals surface area contributed by atoms with Crippen molar-refractivity contribution in [3.05, 3.63) is 71.3 Å². The van der Waals surface area contributed by atoms with Gasteiger partial charge in [-0.25, -0.2) is 4.79 Å². The van der Waals surface area contributed by atoms with Crippen molar-refractivity contribution >= 4 is 47.4 Å². The monoisotopic (exact) mass is 922 g/mol. The second kappa shape index (κ2) is 25.2. The Morgan fingerprint density at radius 1 is 0.576 bits per heavy atom. The Bertz CT molecular complexity index is 1980. The number of hydrogen-bond acceptors (Lipinski definition) is 11. The van der Waals surface area contributed by atoms with Gasteiger partial charge < -0.3 is 40.8 Å². The van der Waals surface area contributed by atoms with Crippen LogP contribution in [0.3, 0.4) is 0 Å². The normalized spacial score (nSPS) is 14.1. The van der Waals surface area contributed by atoms with Gasteiger partial charge in [-0.3, -0.25) is 33.6 Å². The number of amides is 5. The Kier molecular flexibility index (Phi) is 21.5. The van der Waals surface area contributed by atoms with Gasteiger partial charge in [-0.05, 0) is 88.8 Å². The Morgan fingerprint density at radius 2 is 1.12 bits per heavy atom. The maximum Gasteiger partial charge on any atom is 0.328 e. The molecule has 0 bridgehead atoms. The predicted octanol–water partition coefficient (Wildman–Crippen LogP) is 5.31. The molecule has 16 heteroatoms. The summed E-state index contributed by atoms with van der Waals surface area (Å²) in [5.74, 6) is -6.33. The average Bonchev–Trinajstić information content (AvgIpc) is 3.18. The van der Waals surface area contributed by atoms with Crippen molar-refractivity contribution in [2.45, 2.75) is 177 Å². The molecule has 0 aromatic heterocycles. The lowest BCUT2D eigenvalue weighted by atomic mass is 9.85. The number of benzene rings is 2. The zero-order chi connectivity index (χ0) is 50.2. The summed E-state index contributed by atoms with van der Waals surface area (Å²) in [6, 6.07) is 10.1. The maximum absolute atomic E-state index is 14.5. The van der Waals surface area contributed by atoms with E-state index in [0.29, 0.717) is 0 Å². The van der Waals surface area contributed by atoms with E-state index >= 15 is 0 Å². The molecule has 0 fully saturated rings. The fourth-order valence-electron chi connectivity index (χ4n) is 6.64. The van der Waals surface area contributed by atoms with Gasteiger partial charge in [-0.15, -0.1) is 0 Å². The van der Waals surface area contributed by atoms with Crippen LogP contribution >= 0.6 is 0 Å². The molecule has 5 N–H and O–H groups in total. The Balaban J connectivity index is 2.42. The van der Waals surface area contributed by atoms with Crippen LogP contribution in [0.15, 0.2) is 54.6 Å². The number of ether oxygens (including phenoxy) is 3. The summed E-state index contributed by atoms with van der Waals surface area (Å²) < 4.78 is 16.3. The first kappa shape index (κ1) is 56.3. The molecule has 0 spiro atoms. The van der Waals surface area contributed by atoms with E-state index in [2.05, 4.69) is 26.6 Å². The molecule has 2 aromatic carbocycles. The zero-order valence-corrected chi connectivity index (χ0v) is 41.5. The third-order valence-corrected chi connectivity index (χ3v) is 9.93. The summed E-state index contributed by atoms with van der Waals surface area (Å²) in [4.78, 5) is 109. The van der Waals surface area contributed by atoms with E-state index in [9.17, 15) is 38.4 Å². The van der Waals surface area contributed by atoms with Gasteiger partial charge in [-0.1, -0.05) is 103 Å². The number of carbonyl (C=O) groups is 8. The number of carbonyl (C=O) groups excluding carboxylic acids is 8. The summed E-state index contributed by atoms with van der Waals surface area (Å²) in [6.45, 7) is 24.3. The number of aryl methyl sites for hydroxylation is 1. The van der Waals surface area contributed by atoms with E-state index in [-0.39, 0.29) is 38.2 Å². The van der Waals surface area contributed by atoms with Gasteiger partial charge in [0.2, 0.25) is 29.5 Å². The fourth-order valence-corrected chi connectivity index (χ4v) is 6.64. The molecule has 366 valence electrons. The van der Waals surface area contributed by atoms with Gasteiger partial charge in [-0.2, -0.15) is 0 Å². The van der Waals surface area contributed by atoms with Crippen LogP contribution in [0.1, 0.15) is 132 Å². The highest BCUT2D eigenvalue weighted by Gasteiger charge is 2.39. The Hall–Kier alpha value is -5.80. The molecular formula is C50H75N5O11. The second-order valence-corrected chi connectivity index (χ2v) is 20.5. The molecule has 0 unspecified atom stereocenters. The molecule has 2 aromatic rings. The number of hydrogen-bond donors (Lipinski definition) is 5. The highest BCUT2D eigenvalue weighted by atomic mass is 16.6. The summed E-state index contributed by atoms with van der Waals surface area (Å²) in [5, 5.41) is 13.6. The molecular weight excluding hydrogens is 847 g/mol. The molecule has 0 aliphatic rings. The van der Waals surface area contributed by atoms with Crippen LogP contribution in [0.2, 0.25) is 0 Å². The van der Waals surface area contributed by atoms with Gasteiger partial charge in [0.15, 0.2) is 0 Å². The first-order valence-corrected chi connectivity index (χ1v) is 22.6. The van der Waals surface area contributed by atoms with Crippen LogP contribution in [0.25, 0.3) is 0 Å². The van der Waals surface area contributed by atoms with Crippen LogP contribution < -0.4 is 26.6 Å². The van der Waals surface area contributed by atoms with Crippen LogP contribution in [-0.2, 0) is 65.6 Å². The van der Waals surface area contributed by atoms with Crippen molar-refractivity contribution in [1.82, 2.24) is 26.6 Å². The Morgan fingerprint density at radius 3 is 1.67 bits per heavy atom. The zero-order valence-electron chi connectivity index (χ0n) is 41.5. The standard InChI is InChI=1S/C50H75N5O11/c1-30(2)26-37(47(63)64-29-33-21-16-15-17-22-33)53-46(62)42(48(6,7)8)55-44(60)35(27-34-23-19-18-20-32(34)5)52-45(61)41(31(3)4)54-43(59)36(28-40(58)66-50(12,13)14)51-38(56)24-25-39(57)65-49(9,10)11/h15-23,30-31,35-37,41-42H,24-29H2,1-14H3,(H,51,56)(H,52,61)(H,53,62)(H,54,59)(H,55,60)/t35-,36-,37-,41+,42+/m0/s1. The maximum atomic E-state index is 14.5. The Labute approximate surface area is 391 Å². The highest BCUT2D eigenvalue weighted by Crippen LogP contribution is 2.22. The highest BCUT2D eigenvalue weighted by molar-refractivity contribution is 5.97. The lowest BCUT2D eigenvalue weighted by Gasteiger charge is -2.33. The van der Waals surface area contributed by atoms with Gasteiger partial charge in [0, 0.05) is 12.8 Å². The van der Waals surface area contributed by atoms with E-state index in [1.807, 2.05) is 69.3 Å². The summed E-state index contributed by atoms with van der Waals surface area (Å²) in [6.07, 6.45) is -0.958. The largest absolute Gasteiger partial charge is 0.460 e. The SMILES string of the molecule is Cc1ccccc1C[C@H](NC(=O)[C@H](NC(=O)[C@H](CC(=O)OC(C)(C)C)NC(=O)CCC(=O)OC(C)(C)C)C(C)C)C(=O)N[C@H](C(=O)N[C@@H](CC(C)C)C(=O)OCc1ccccc1)C(C)(C)C. The minimum Gasteiger partial charge on any atom is -0.460 e. The first-order valence-electron chi connectivity index (χ1n) is 22.6. The molecule has 0 aliphatic carbocycles. The number of rotatable bonds is 22. The van der Waals surface area contributed by atoms with Gasteiger partial charge in [0.1, 0.15) is 48.0 Å². The van der Waals surface area contributed by atoms with Gasteiger partial charge in [0.25, 0.3) is 0 Å². The molecule has 66 heavy (non-hydrogen) atoms. The topological polar surface area (TPSA) is 224 Å². The van der Waals surface area contributed by atoms with E-state index in [0.717, 1.165) is 16.7 Å². The lowest BCUT2D eigenvalue weighted by molar-refractivity contribution is -0.158. The molecule has 0 saturated carbocycles. The van der Waals surface area contributed by atoms with Crippen LogP contribution in [0, 0.1) is 24.2 Å². The molecule has 0 heterocycles. The molecule has 16 nitrogen and oxygen atoms in total. The minimum absolute atomic E-state index is 0.00151. The summed E-state index contributed by atoms with van der Waals surface area (Å²) >= 11 is 0. The van der Waals surface area contributed by atoms with E-state index in [1.165, 1.54) is 0 Å². The average molecular weight is 922 g/mol. The molecule has 0 aliphatic heterocycles. The van der Waals surface area contributed by atoms with Crippen LogP contribution in [0.5, 0.6) is 0 Å². The van der Waals surface area contributed by atoms with E-state index in [1.54, 1.807) is 82.2 Å². The predicted molar refractivity (Wildman–Crippen MR) is 250 cm³/mol. The van der Waals surface area contributed by atoms with Crippen molar-refractivity contribution in [3.63, 3.8) is 0 Å². The lowest BCUT2D eigenvalue weighted by Crippen LogP contribution is -2.62. The van der Waals surface area contributed by atoms with Crippen molar-refractivity contribution in [3.8, 4) is 0 Å². The van der Waals surface area contributed by atoms with Crippen molar-refractivity contribution in [1.29, 1.82) is 0 Å². The van der Waals surface area contributed by atoms with E-state index in [4.69, 9.17) is 14.2 Å². The van der Waals surface area contributed by atoms with Gasteiger partial charge >= 0.3 is 17.9 Å². The number of esters is 3. The molecule has 2 rings (SSSR count). The quantitative estimate of drug-likeness (QED) is 0.0752. The molecule has 0 radical (unpaired) electrons. The van der Waals surface area contributed by atoms with Gasteiger partial charge in [0.05, 0.1) is 12.8 Å². The van der Waals surface area contributed by atoms with E-state index < -0.39 is 107 Å². The first-order chi connectivity index (χ1) is 30.4. The third-order valence-electron chi connectivity index (χ3n) is 9.93. The van der Waals surface area contributed by atoms with Crippen LogP contribution in [0.4, 0.5) is 0 Å². The van der Waals surface area contributed by atoms with Crippen LogP contribution in [-0.4, -0.2) is 88.9 Å². The third kappa shape index (κ3) is 21.0. The smallest absolute Gasteiger partial charge is 0.328 e. The molecule has 5 amide bonds. The van der Waals surface area contributed by atoms with Crippen molar-refractivity contribution in [2.75, 3.05) is 0 Å². The van der Waals surface area contributed by atoms with Crippen molar-refractivity contribution in [2.24, 2.45) is 17.3 Å². The molecule has 0 saturated heterocycles. The fraction of sp³-hybridized carbons (Fsp3) is 0.600. The summed E-state index contributed by atoms with van der Waals surface area (Å²) in [5.41, 5.74) is -0.240. The van der Waals surface area contributed by atoms with Crippen molar-refractivity contribution < 1.29 is 52.6 Å².